The zero-order valence-electron chi connectivity index (χ0n) is 12.8. The molecule has 0 spiro atoms. The van der Waals surface area contributed by atoms with Crippen LogP contribution in [0.3, 0.4) is 0 Å². The Balaban J connectivity index is 2.05. The first kappa shape index (κ1) is 16.4. The number of thioether (sulfide) groups is 1. The van der Waals surface area contributed by atoms with Crippen LogP contribution in [0.15, 0.2) is 53.4 Å². The fourth-order valence-electron chi connectivity index (χ4n) is 2.06. The molecule has 1 N–H and O–H groups in total. The van der Waals surface area contributed by atoms with Gasteiger partial charge in [0, 0.05) is 4.90 Å². The van der Waals surface area contributed by atoms with Crippen LogP contribution >= 0.6 is 11.8 Å². The van der Waals surface area contributed by atoms with Gasteiger partial charge in [-0.2, -0.15) is 0 Å². The molecule has 0 amide bonds. The van der Waals surface area contributed by atoms with Gasteiger partial charge in [-0.1, -0.05) is 29.8 Å². The van der Waals surface area contributed by atoms with Crippen molar-refractivity contribution in [2.75, 3.05) is 6.61 Å². The largest absolute Gasteiger partial charge is 0.494 e. The molecule has 0 unspecified atom stereocenters. The second kappa shape index (κ2) is 7.90. The summed E-state index contributed by atoms with van der Waals surface area (Å²) < 4.78 is 5.40. The number of carboxylic acids is 1. The lowest BCUT2D eigenvalue weighted by atomic mass is 10.1. The second-order valence-corrected chi connectivity index (χ2v) is 6.32. The minimum atomic E-state index is -0.792. The van der Waals surface area contributed by atoms with E-state index < -0.39 is 11.2 Å². The zero-order valence-corrected chi connectivity index (χ0v) is 13.6. The maximum atomic E-state index is 11.5. The lowest BCUT2D eigenvalue weighted by Gasteiger charge is -2.13. The molecule has 0 radical (unpaired) electrons. The summed E-state index contributed by atoms with van der Waals surface area (Å²) in [4.78, 5) is 12.5. The van der Waals surface area contributed by atoms with Crippen LogP contribution in [0.5, 0.6) is 5.75 Å². The Kier molecular flexibility index (Phi) is 5.90. The van der Waals surface area contributed by atoms with Gasteiger partial charge in [-0.05, 0) is 50.1 Å². The van der Waals surface area contributed by atoms with E-state index >= 15 is 0 Å². The monoisotopic (exact) mass is 316 g/mol. The summed E-state index contributed by atoms with van der Waals surface area (Å²) in [6.45, 7) is 4.58. The van der Waals surface area contributed by atoms with Crippen molar-refractivity contribution in [2.24, 2.45) is 0 Å². The molecule has 1 atom stereocenters. The van der Waals surface area contributed by atoms with Gasteiger partial charge >= 0.3 is 5.97 Å². The van der Waals surface area contributed by atoms with E-state index in [9.17, 15) is 9.90 Å². The summed E-state index contributed by atoms with van der Waals surface area (Å²) in [7, 11) is 0. The van der Waals surface area contributed by atoms with Gasteiger partial charge in [0.05, 0.1) is 6.61 Å². The number of aliphatic carboxylic acids is 1. The summed E-state index contributed by atoms with van der Waals surface area (Å²) >= 11 is 1.38. The van der Waals surface area contributed by atoms with Crippen molar-refractivity contribution in [2.45, 2.75) is 30.4 Å². The highest BCUT2D eigenvalue weighted by molar-refractivity contribution is 8.00. The van der Waals surface area contributed by atoms with Gasteiger partial charge in [0.1, 0.15) is 11.0 Å². The number of carbonyl (C=O) groups is 1. The molecule has 0 aliphatic rings. The highest BCUT2D eigenvalue weighted by atomic mass is 32.2. The normalized spacial score (nSPS) is 11.9. The summed E-state index contributed by atoms with van der Waals surface area (Å²) in [6, 6.07) is 15.5. The van der Waals surface area contributed by atoms with Crippen LogP contribution in [0.2, 0.25) is 0 Å². The molecule has 0 saturated carbocycles. The average molecular weight is 316 g/mol. The SMILES string of the molecule is CCOc1ccc(C[C@H](Sc2ccc(C)cc2)C(=O)O)cc1. The molecule has 22 heavy (non-hydrogen) atoms. The highest BCUT2D eigenvalue weighted by Crippen LogP contribution is 2.27. The predicted octanol–water partition coefficient (Wildman–Crippen LogP) is 4.18. The van der Waals surface area contributed by atoms with Crippen LogP contribution in [-0.4, -0.2) is 22.9 Å². The third-order valence-electron chi connectivity index (χ3n) is 3.23. The highest BCUT2D eigenvalue weighted by Gasteiger charge is 2.19. The molecule has 2 rings (SSSR count). The predicted molar refractivity (Wildman–Crippen MR) is 89.8 cm³/mol. The zero-order chi connectivity index (χ0) is 15.9. The molecule has 0 aromatic heterocycles. The number of carboxylic acid groups (broad SMARTS) is 1. The molecule has 2 aromatic carbocycles. The van der Waals surface area contributed by atoms with Crippen molar-refractivity contribution in [3.8, 4) is 5.75 Å². The number of aryl methyl sites for hydroxylation is 1. The van der Waals surface area contributed by atoms with Crippen LogP contribution in [0.1, 0.15) is 18.1 Å². The molecule has 0 fully saturated rings. The van der Waals surface area contributed by atoms with Gasteiger partial charge in [-0.3, -0.25) is 4.79 Å². The molecule has 0 aliphatic carbocycles. The fraction of sp³-hybridized carbons (Fsp3) is 0.278. The first-order chi connectivity index (χ1) is 10.6. The standard InChI is InChI=1S/C18H20O3S/c1-3-21-15-8-6-14(7-9-15)12-17(18(19)20)22-16-10-4-13(2)5-11-16/h4-11,17H,3,12H2,1-2H3,(H,19,20)/t17-/m0/s1. The maximum absolute atomic E-state index is 11.5. The minimum absolute atomic E-state index is 0.486. The lowest BCUT2D eigenvalue weighted by molar-refractivity contribution is -0.136. The van der Waals surface area contributed by atoms with Crippen molar-refractivity contribution in [3.63, 3.8) is 0 Å². The van der Waals surface area contributed by atoms with E-state index in [4.69, 9.17) is 4.74 Å². The molecular weight excluding hydrogens is 296 g/mol. The summed E-state index contributed by atoms with van der Waals surface area (Å²) in [5.41, 5.74) is 2.17. The molecule has 0 heterocycles. The van der Waals surface area contributed by atoms with Crippen molar-refractivity contribution in [3.05, 3.63) is 59.7 Å². The van der Waals surface area contributed by atoms with Crippen molar-refractivity contribution in [1.29, 1.82) is 0 Å². The molecule has 116 valence electrons. The average Bonchev–Trinajstić information content (AvgIpc) is 2.51. The Labute approximate surface area is 135 Å². The van der Waals surface area contributed by atoms with Gasteiger partial charge in [0.25, 0.3) is 0 Å². The van der Waals surface area contributed by atoms with E-state index in [1.54, 1.807) is 0 Å². The van der Waals surface area contributed by atoms with Gasteiger partial charge < -0.3 is 9.84 Å². The number of rotatable bonds is 7. The molecule has 3 nitrogen and oxygen atoms in total. The van der Waals surface area contributed by atoms with E-state index in [0.717, 1.165) is 16.2 Å². The quantitative estimate of drug-likeness (QED) is 0.778. The number of hydrogen-bond acceptors (Lipinski definition) is 3. The molecule has 0 aliphatic heterocycles. The Morgan fingerprint density at radius 1 is 1.14 bits per heavy atom. The Bertz CT molecular complexity index is 605. The third kappa shape index (κ3) is 4.81. The molecule has 4 heteroatoms. The van der Waals surface area contributed by atoms with Crippen molar-refractivity contribution >= 4 is 17.7 Å². The number of benzene rings is 2. The lowest BCUT2D eigenvalue weighted by Crippen LogP contribution is -2.19. The topological polar surface area (TPSA) is 46.5 Å². The smallest absolute Gasteiger partial charge is 0.317 e. The Morgan fingerprint density at radius 2 is 1.77 bits per heavy atom. The second-order valence-electron chi connectivity index (χ2n) is 5.04. The van der Waals surface area contributed by atoms with Gasteiger partial charge in [0.2, 0.25) is 0 Å². The van der Waals surface area contributed by atoms with E-state index in [2.05, 4.69) is 0 Å². The molecule has 0 saturated heterocycles. The summed E-state index contributed by atoms with van der Waals surface area (Å²) in [5.74, 6) is 0.0174. The summed E-state index contributed by atoms with van der Waals surface area (Å²) in [5, 5.41) is 8.94. The fourth-order valence-corrected chi connectivity index (χ4v) is 3.06. The number of ether oxygens (including phenoxy) is 1. The molecule has 0 bridgehead atoms. The van der Waals surface area contributed by atoms with E-state index in [0.29, 0.717) is 13.0 Å². The maximum Gasteiger partial charge on any atom is 0.317 e. The molecular formula is C18H20O3S. The Hall–Kier alpha value is -1.94. The van der Waals surface area contributed by atoms with E-state index in [-0.39, 0.29) is 0 Å². The third-order valence-corrected chi connectivity index (χ3v) is 4.43. The van der Waals surface area contributed by atoms with Crippen molar-refractivity contribution in [1.82, 2.24) is 0 Å². The van der Waals surface area contributed by atoms with Gasteiger partial charge in [-0.25, -0.2) is 0 Å². The van der Waals surface area contributed by atoms with Gasteiger partial charge in [-0.15, -0.1) is 11.8 Å². The number of hydrogen-bond donors (Lipinski definition) is 1. The van der Waals surface area contributed by atoms with Crippen LogP contribution in [0, 0.1) is 6.92 Å². The first-order valence-corrected chi connectivity index (χ1v) is 8.14. The van der Waals surface area contributed by atoms with Gasteiger partial charge in [0.15, 0.2) is 0 Å². The van der Waals surface area contributed by atoms with E-state index in [1.165, 1.54) is 17.3 Å². The molecule has 2 aromatic rings. The van der Waals surface area contributed by atoms with E-state index in [1.807, 2.05) is 62.4 Å². The van der Waals surface area contributed by atoms with Crippen LogP contribution in [-0.2, 0) is 11.2 Å². The van der Waals surface area contributed by atoms with Crippen LogP contribution in [0.25, 0.3) is 0 Å². The minimum Gasteiger partial charge on any atom is -0.494 e. The van der Waals surface area contributed by atoms with Crippen molar-refractivity contribution < 1.29 is 14.6 Å². The van der Waals surface area contributed by atoms with Crippen LogP contribution < -0.4 is 4.74 Å². The van der Waals surface area contributed by atoms with Crippen LogP contribution in [0.4, 0.5) is 0 Å². The first-order valence-electron chi connectivity index (χ1n) is 7.26. The summed E-state index contributed by atoms with van der Waals surface area (Å²) in [6.07, 6.45) is 0.486. The Morgan fingerprint density at radius 3 is 2.32 bits per heavy atom.